The van der Waals surface area contributed by atoms with E-state index >= 15 is 0 Å². The van der Waals surface area contributed by atoms with Gasteiger partial charge in [0, 0.05) is 17.3 Å². The number of nitrogens with zero attached hydrogens (tertiary/aromatic N) is 2. The summed E-state index contributed by atoms with van der Waals surface area (Å²) >= 11 is 0. The average molecular weight is 408 g/mol. The van der Waals surface area contributed by atoms with Crippen molar-refractivity contribution < 1.29 is 23.3 Å². The number of hydrogen-bond acceptors (Lipinski definition) is 8. The Morgan fingerprint density at radius 2 is 1.90 bits per heavy atom. The maximum Gasteiger partial charge on any atom is 0.439 e. The summed E-state index contributed by atoms with van der Waals surface area (Å²) in [5.74, 6) is 0.624. The number of rotatable bonds is 6. The lowest BCUT2D eigenvalue weighted by Gasteiger charge is -2.07. The number of ether oxygens (including phenoxy) is 2. The van der Waals surface area contributed by atoms with E-state index in [-0.39, 0.29) is 11.5 Å². The molecular weight excluding hydrogens is 392 g/mol. The molecule has 30 heavy (non-hydrogen) atoms. The first kappa shape index (κ1) is 19.0. The van der Waals surface area contributed by atoms with Crippen molar-refractivity contribution in [2.24, 2.45) is 0 Å². The number of nitrogens with one attached hydrogen (secondary N) is 2. The van der Waals surface area contributed by atoms with E-state index in [1.165, 1.54) is 13.2 Å². The number of aromatic amines is 1. The van der Waals surface area contributed by atoms with Crippen molar-refractivity contribution in [2.75, 3.05) is 19.5 Å². The molecule has 0 bridgehead atoms. The van der Waals surface area contributed by atoms with Crippen molar-refractivity contribution in [3.63, 3.8) is 0 Å². The average Bonchev–Trinajstić information content (AvgIpc) is 3.43. The van der Waals surface area contributed by atoms with Gasteiger partial charge in [0.1, 0.15) is 11.5 Å². The zero-order valence-corrected chi connectivity index (χ0v) is 16.0. The molecule has 0 atom stereocenters. The van der Waals surface area contributed by atoms with Crippen molar-refractivity contribution in [1.82, 2.24) is 15.3 Å². The Morgan fingerprint density at radius 1 is 1.03 bits per heavy atom. The van der Waals surface area contributed by atoms with Gasteiger partial charge in [-0.05, 0) is 30.3 Å². The van der Waals surface area contributed by atoms with Gasteiger partial charge in [0.2, 0.25) is 0 Å². The molecule has 0 unspecified atom stereocenters. The Morgan fingerprint density at radius 3 is 2.63 bits per heavy atom. The zero-order chi connectivity index (χ0) is 21.1. The Bertz CT molecular complexity index is 1260. The fourth-order valence-corrected chi connectivity index (χ4v) is 2.81. The third kappa shape index (κ3) is 3.78. The summed E-state index contributed by atoms with van der Waals surface area (Å²) in [7, 11) is 3.08. The minimum atomic E-state index is -0.664. The van der Waals surface area contributed by atoms with Crippen LogP contribution in [0.3, 0.4) is 0 Å². The summed E-state index contributed by atoms with van der Waals surface area (Å²) in [4.78, 5) is 26.2. The maximum absolute atomic E-state index is 12.6. The Labute approximate surface area is 169 Å². The third-order valence-corrected chi connectivity index (χ3v) is 4.25. The summed E-state index contributed by atoms with van der Waals surface area (Å²) in [6.45, 7) is 0. The molecule has 0 aliphatic heterocycles. The molecule has 0 radical (unpaired) electrons. The number of amides is 1. The number of anilines is 1. The van der Waals surface area contributed by atoms with Crippen LogP contribution in [-0.4, -0.2) is 35.4 Å². The van der Waals surface area contributed by atoms with Crippen molar-refractivity contribution in [3.05, 3.63) is 64.8 Å². The molecule has 10 heteroatoms. The highest BCUT2D eigenvalue weighted by atomic mass is 16.5. The Balaban J connectivity index is 1.56. The molecule has 2 aromatic carbocycles. The number of carbonyl (C=O) groups excluding carboxylic acids is 1. The molecule has 10 nitrogen and oxygen atoms in total. The minimum Gasteiger partial charge on any atom is -0.497 e. The molecule has 0 aliphatic rings. The smallest absolute Gasteiger partial charge is 0.439 e. The second kappa shape index (κ2) is 7.95. The highest BCUT2D eigenvalue weighted by Gasteiger charge is 2.18. The van der Waals surface area contributed by atoms with Crippen LogP contribution in [0.2, 0.25) is 0 Å². The fraction of sp³-hybridized carbons (Fsp3) is 0.100. The number of benzene rings is 2. The van der Waals surface area contributed by atoms with Crippen LogP contribution in [0, 0.1) is 0 Å². The van der Waals surface area contributed by atoms with Crippen LogP contribution < -0.4 is 20.5 Å². The summed E-state index contributed by atoms with van der Waals surface area (Å²) < 4.78 is 20.4. The lowest BCUT2D eigenvalue weighted by molar-refractivity contribution is 0.101. The highest BCUT2D eigenvalue weighted by Crippen LogP contribution is 2.33. The standard InChI is InChI=1S/C20H16N4O6/c1-27-13-6-7-16(28-2)14(9-13)17-10-15(23-29-17)19(25)21-12-5-3-4-11(8-12)18-22-20(26)30-24-18/h3-10H,1-2H3,(H,21,25)(H,22,24,26). The second-order valence-electron chi connectivity index (χ2n) is 6.12. The fourth-order valence-electron chi connectivity index (χ4n) is 2.81. The van der Waals surface area contributed by atoms with Gasteiger partial charge in [-0.1, -0.05) is 22.4 Å². The van der Waals surface area contributed by atoms with Crippen molar-refractivity contribution in [3.8, 4) is 34.2 Å². The molecule has 0 spiro atoms. The van der Waals surface area contributed by atoms with E-state index in [4.69, 9.17) is 14.0 Å². The third-order valence-electron chi connectivity index (χ3n) is 4.25. The first-order valence-corrected chi connectivity index (χ1v) is 8.74. The molecule has 152 valence electrons. The van der Waals surface area contributed by atoms with Crippen molar-refractivity contribution >= 4 is 11.6 Å². The van der Waals surface area contributed by atoms with Crippen LogP contribution >= 0.6 is 0 Å². The summed E-state index contributed by atoms with van der Waals surface area (Å²) in [6, 6.07) is 13.5. The largest absolute Gasteiger partial charge is 0.497 e. The minimum absolute atomic E-state index is 0.0788. The molecule has 4 rings (SSSR count). The van der Waals surface area contributed by atoms with Crippen LogP contribution in [0.5, 0.6) is 11.5 Å². The molecule has 0 saturated heterocycles. The lowest BCUT2D eigenvalue weighted by atomic mass is 10.1. The van der Waals surface area contributed by atoms with E-state index in [2.05, 4.69) is 25.1 Å². The molecular formula is C20H16N4O6. The van der Waals surface area contributed by atoms with Gasteiger partial charge in [0.25, 0.3) is 5.91 Å². The highest BCUT2D eigenvalue weighted by molar-refractivity contribution is 6.03. The number of carbonyl (C=O) groups is 1. The van der Waals surface area contributed by atoms with E-state index in [9.17, 15) is 9.59 Å². The Hall–Kier alpha value is -4.34. The first-order chi connectivity index (χ1) is 14.6. The van der Waals surface area contributed by atoms with Gasteiger partial charge in [-0.25, -0.2) is 4.79 Å². The summed E-state index contributed by atoms with van der Waals surface area (Å²) in [5.41, 5.74) is 1.72. The van der Waals surface area contributed by atoms with Gasteiger partial charge in [0.15, 0.2) is 17.3 Å². The Kier molecular flexibility index (Phi) is 5.04. The van der Waals surface area contributed by atoms with E-state index < -0.39 is 11.7 Å². The maximum atomic E-state index is 12.6. The number of H-pyrrole nitrogens is 1. The van der Waals surface area contributed by atoms with Gasteiger partial charge in [0.05, 0.1) is 19.8 Å². The predicted octanol–water partition coefficient (Wildman–Crippen LogP) is 2.95. The number of hydrogen-bond donors (Lipinski definition) is 2. The van der Waals surface area contributed by atoms with E-state index in [0.717, 1.165) is 0 Å². The monoisotopic (exact) mass is 408 g/mol. The summed E-state index contributed by atoms with van der Waals surface area (Å²) in [6.07, 6.45) is 0. The quantitative estimate of drug-likeness (QED) is 0.498. The summed E-state index contributed by atoms with van der Waals surface area (Å²) in [5, 5.41) is 10.2. The number of methoxy groups -OCH3 is 2. The van der Waals surface area contributed by atoms with Crippen LogP contribution in [0.25, 0.3) is 22.7 Å². The molecule has 4 aromatic rings. The predicted molar refractivity (Wildman–Crippen MR) is 106 cm³/mol. The second-order valence-corrected chi connectivity index (χ2v) is 6.12. The van der Waals surface area contributed by atoms with Gasteiger partial charge in [-0.2, -0.15) is 0 Å². The number of aromatic nitrogens is 3. The molecule has 0 fully saturated rings. The first-order valence-electron chi connectivity index (χ1n) is 8.74. The van der Waals surface area contributed by atoms with Crippen LogP contribution in [0.4, 0.5) is 5.69 Å². The topological polar surface area (TPSA) is 132 Å². The van der Waals surface area contributed by atoms with E-state index in [0.29, 0.717) is 34.1 Å². The molecule has 1 amide bonds. The molecule has 2 N–H and O–H groups in total. The zero-order valence-electron chi connectivity index (χ0n) is 16.0. The van der Waals surface area contributed by atoms with E-state index in [1.54, 1.807) is 49.6 Å². The van der Waals surface area contributed by atoms with Crippen LogP contribution in [0.1, 0.15) is 10.5 Å². The molecule has 2 aromatic heterocycles. The molecule has 2 heterocycles. The molecule has 0 aliphatic carbocycles. The van der Waals surface area contributed by atoms with Gasteiger partial charge in [-0.3, -0.25) is 14.3 Å². The normalized spacial score (nSPS) is 10.6. The van der Waals surface area contributed by atoms with Gasteiger partial charge < -0.3 is 19.3 Å². The van der Waals surface area contributed by atoms with Crippen LogP contribution in [-0.2, 0) is 0 Å². The SMILES string of the molecule is COc1ccc(OC)c(-c2cc(C(=O)Nc3cccc(-c4noc(=O)[nH]4)c3)no2)c1. The van der Waals surface area contributed by atoms with Crippen LogP contribution in [0.15, 0.2) is 62.4 Å². The van der Waals surface area contributed by atoms with E-state index in [1.807, 2.05) is 0 Å². The lowest BCUT2D eigenvalue weighted by Crippen LogP contribution is -2.12. The molecule has 0 saturated carbocycles. The van der Waals surface area contributed by atoms with Crippen molar-refractivity contribution in [1.29, 1.82) is 0 Å². The van der Waals surface area contributed by atoms with Crippen molar-refractivity contribution in [2.45, 2.75) is 0 Å². The van der Waals surface area contributed by atoms with Gasteiger partial charge in [-0.15, -0.1) is 0 Å². The van der Waals surface area contributed by atoms with Gasteiger partial charge >= 0.3 is 5.76 Å².